The molecule has 0 aliphatic carbocycles. The zero-order chi connectivity index (χ0) is 19.3. The van der Waals surface area contributed by atoms with Crippen molar-refractivity contribution in [2.24, 2.45) is 5.92 Å². The maximum atomic E-state index is 13.2. The Kier molecular flexibility index (Phi) is 6.12. The third-order valence-corrected chi connectivity index (χ3v) is 5.67. The fourth-order valence-corrected chi connectivity index (χ4v) is 4.38. The van der Waals surface area contributed by atoms with Crippen LogP contribution >= 0.6 is 0 Å². The molecule has 1 aliphatic rings. The number of allylic oxidation sites excluding steroid dienone is 1. The van der Waals surface area contributed by atoms with Gasteiger partial charge in [0.25, 0.3) is 0 Å². The standard InChI is InChI=1S/C24H29NO2/c1-4-12-19(2)23(26)25-18-11-17-22(25)24(27-3,20-13-7-5-8-14-20)21-15-9-6-10-16-21/h4-10,13-16,19,22H,1,11-12,17-18H2,2-3H3/t19?,22-/m0/s1. The quantitative estimate of drug-likeness (QED) is 0.663. The molecule has 1 fully saturated rings. The van der Waals surface area contributed by atoms with Crippen LogP contribution in [0.25, 0.3) is 0 Å². The second-order valence-electron chi connectivity index (χ2n) is 7.29. The number of methoxy groups -OCH3 is 1. The van der Waals surface area contributed by atoms with Crippen molar-refractivity contribution in [1.29, 1.82) is 0 Å². The normalized spacial score (nSPS) is 18.3. The Morgan fingerprint density at radius 1 is 1.19 bits per heavy atom. The highest BCUT2D eigenvalue weighted by molar-refractivity contribution is 5.79. The van der Waals surface area contributed by atoms with E-state index in [-0.39, 0.29) is 17.9 Å². The number of amides is 1. The summed E-state index contributed by atoms with van der Waals surface area (Å²) in [5.41, 5.74) is 1.49. The molecule has 3 nitrogen and oxygen atoms in total. The zero-order valence-corrected chi connectivity index (χ0v) is 16.3. The number of carbonyl (C=O) groups excluding carboxylic acids is 1. The molecule has 1 aliphatic heterocycles. The highest BCUT2D eigenvalue weighted by atomic mass is 16.5. The molecule has 3 heteroatoms. The first-order valence-electron chi connectivity index (χ1n) is 9.72. The molecule has 0 spiro atoms. The number of likely N-dealkylation sites (tertiary alicyclic amines) is 1. The van der Waals surface area contributed by atoms with Gasteiger partial charge in [-0.25, -0.2) is 0 Å². The van der Waals surface area contributed by atoms with Gasteiger partial charge in [0.05, 0.1) is 6.04 Å². The second-order valence-corrected chi connectivity index (χ2v) is 7.29. The molecule has 27 heavy (non-hydrogen) atoms. The molecule has 0 N–H and O–H groups in total. The summed E-state index contributed by atoms with van der Waals surface area (Å²) in [5.74, 6) is 0.120. The predicted octanol–water partition coefficient (Wildman–Crippen LogP) is 4.78. The van der Waals surface area contributed by atoms with Gasteiger partial charge >= 0.3 is 0 Å². The van der Waals surface area contributed by atoms with Crippen LogP contribution in [0.4, 0.5) is 0 Å². The van der Waals surface area contributed by atoms with E-state index in [1.165, 1.54) is 0 Å². The average Bonchev–Trinajstić information content (AvgIpc) is 3.20. The van der Waals surface area contributed by atoms with Crippen LogP contribution in [0.1, 0.15) is 37.3 Å². The Balaban J connectivity index is 2.10. The zero-order valence-electron chi connectivity index (χ0n) is 16.3. The second kappa shape index (κ2) is 8.53. The van der Waals surface area contributed by atoms with Crippen molar-refractivity contribution in [3.8, 4) is 0 Å². The van der Waals surface area contributed by atoms with Crippen LogP contribution in [0.5, 0.6) is 0 Å². The highest BCUT2D eigenvalue weighted by Crippen LogP contribution is 2.43. The lowest BCUT2D eigenvalue weighted by Gasteiger charge is -2.43. The minimum atomic E-state index is -0.678. The Bertz CT molecular complexity index is 717. The highest BCUT2D eigenvalue weighted by Gasteiger charge is 2.49. The molecule has 142 valence electrons. The van der Waals surface area contributed by atoms with Gasteiger partial charge in [0.15, 0.2) is 0 Å². The monoisotopic (exact) mass is 363 g/mol. The number of hydrogen-bond acceptors (Lipinski definition) is 2. The van der Waals surface area contributed by atoms with Crippen LogP contribution in [-0.4, -0.2) is 30.5 Å². The lowest BCUT2D eigenvalue weighted by Crippen LogP contribution is -2.52. The molecule has 1 heterocycles. The Morgan fingerprint density at radius 3 is 2.22 bits per heavy atom. The van der Waals surface area contributed by atoms with E-state index in [1.54, 1.807) is 7.11 Å². The lowest BCUT2D eigenvalue weighted by atomic mass is 9.78. The first kappa shape index (κ1) is 19.4. The van der Waals surface area contributed by atoms with Crippen LogP contribution in [-0.2, 0) is 15.1 Å². The van der Waals surface area contributed by atoms with Gasteiger partial charge in [-0.3, -0.25) is 4.79 Å². The molecular formula is C24H29NO2. The number of benzene rings is 2. The maximum Gasteiger partial charge on any atom is 0.226 e. The molecule has 2 atom stereocenters. The molecule has 0 aromatic heterocycles. The van der Waals surface area contributed by atoms with E-state index < -0.39 is 5.60 Å². The van der Waals surface area contributed by atoms with Gasteiger partial charge in [-0.1, -0.05) is 73.7 Å². The number of rotatable bonds is 7. The SMILES string of the molecule is C=CCC(C)C(=O)N1CCC[C@H]1C(OC)(c1ccccc1)c1ccccc1. The van der Waals surface area contributed by atoms with Crippen LogP contribution in [0.15, 0.2) is 73.3 Å². The molecule has 2 aromatic carbocycles. The van der Waals surface area contributed by atoms with Gasteiger partial charge in [-0.2, -0.15) is 0 Å². The average molecular weight is 364 g/mol. The van der Waals surface area contributed by atoms with Crippen molar-refractivity contribution in [1.82, 2.24) is 4.90 Å². The third kappa shape index (κ3) is 3.57. The molecule has 1 saturated heterocycles. The van der Waals surface area contributed by atoms with E-state index >= 15 is 0 Å². The Labute approximate surface area is 162 Å². The van der Waals surface area contributed by atoms with Crippen LogP contribution < -0.4 is 0 Å². The Hall–Kier alpha value is -2.39. The molecule has 3 rings (SSSR count). The van der Waals surface area contributed by atoms with Gasteiger partial charge < -0.3 is 9.64 Å². The molecule has 1 unspecified atom stereocenters. The smallest absolute Gasteiger partial charge is 0.226 e. The van der Waals surface area contributed by atoms with Crippen molar-refractivity contribution >= 4 is 5.91 Å². The maximum absolute atomic E-state index is 13.2. The molecule has 0 radical (unpaired) electrons. The molecule has 2 aromatic rings. The van der Waals surface area contributed by atoms with Gasteiger partial charge in [-0.15, -0.1) is 6.58 Å². The number of ether oxygens (including phenoxy) is 1. The largest absolute Gasteiger partial charge is 0.367 e. The first-order chi connectivity index (χ1) is 13.1. The molecular weight excluding hydrogens is 334 g/mol. The molecule has 0 saturated carbocycles. The topological polar surface area (TPSA) is 29.5 Å². The predicted molar refractivity (Wildman–Crippen MR) is 109 cm³/mol. The summed E-state index contributed by atoms with van der Waals surface area (Å²) in [6, 6.07) is 20.5. The molecule has 1 amide bonds. The van der Waals surface area contributed by atoms with Crippen molar-refractivity contribution < 1.29 is 9.53 Å². The summed E-state index contributed by atoms with van der Waals surface area (Å²) in [7, 11) is 1.76. The van der Waals surface area contributed by atoms with Crippen molar-refractivity contribution in [3.63, 3.8) is 0 Å². The summed E-state index contributed by atoms with van der Waals surface area (Å²) < 4.78 is 6.30. The van der Waals surface area contributed by atoms with Crippen LogP contribution in [0, 0.1) is 5.92 Å². The number of hydrogen-bond donors (Lipinski definition) is 0. The van der Waals surface area contributed by atoms with E-state index in [0.29, 0.717) is 6.42 Å². The first-order valence-corrected chi connectivity index (χ1v) is 9.72. The lowest BCUT2D eigenvalue weighted by molar-refractivity contribution is -0.141. The van der Waals surface area contributed by atoms with Crippen LogP contribution in [0.3, 0.4) is 0 Å². The fourth-order valence-electron chi connectivity index (χ4n) is 4.38. The van der Waals surface area contributed by atoms with Gasteiger partial charge in [0.2, 0.25) is 5.91 Å². The van der Waals surface area contributed by atoms with Crippen LogP contribution in [0.2, 0.25) is 0 Å². The van der Waals surface area contributed by atoms with Crippen molar-refractivity contribution in [2.75, 3.05) is 13.7 Å². The number of nitrogens with zero attached hydrogens (tertiary/aromatic N) is 1. The van der Waals surface area contributed by atoms with E-state index in [2.05, 4.69) is 30.8 Å². The summed E-state index contributed by atoms with van der Waals surface area (Å²) in [4.78, 5) is 15.2. The fraction of sp³-hybridized carbons (Fsp3) is 0.375. The van der Waals surface area contributed by atoms with Gasteiger partial charge in [0, 0.05) is 19.6 Å². The Morgan fingerprint density at radius 2 is 1.74 bits per heavy atom. The summed E-state index contributed by atoms with van der Waals surface area (Å²) in [6.45, 7) is 6.55. The van der Waals surface area contributed by atoms with Gasteiger partial charge in [0.1, 0.15) is 5.60 Å². The molecule has 0 bridgehead atoms. The van der Waals surface area contributed by atoms with E-state index in [0.717, 1.165) is 30.5 Å². The summed E-state index contributed by atoms with van der Waals surface area (Å²) in [6.07, 6.45) is 4.43. The minimum absolute atomic E-state index is 0.0351. The summed E-state index contributed by atoms with van der Waals surface area (Å²) >= 11 is 0. The van der Waals surface area contributed by atoms with Crippen molar-refractivity contribution in [3.05, 3.63) is 84.4 Å². The van der Waals surface area contributed by atoms with E-state index in [4.69, 9.17) is 4.74 Å². The number of carbonyl (C=O) groups is 1. The van der Waals surface area contributed by atoms with Crippen molar-refractivity contribution in [2.45, 2.75) is 37.8 Å². The van der Waals surface area contributed by atoms with E-state index in [1.807, 2.05) is 54.3 Å². The van der Waals surface area contributed by atoms with Gasteiger partial charge in [-0.05, 0) is 30.4 Å². The van der Waals surface area contributed by atoms with E-state index in [9.17, 15) is 4.79 Å². The summed E-state index contributed by atoms with van der Waals surface area (Å²) in [5, 5.41) is 0. The third-order valence-electron chi connectivity index (χ3n) is 5.67. The minimum Gasteiger partial charge on any atom is -0.367 e.